The van der Waals surface area contributed by atoms with Crippen molar-refractivity contribution >= 4 is 0 Å². The maximum Gasteiger partial charge on any atom is 0.0220 e. The van der Waals surface area contributed by atoms with Crippen LogP contribution in [0.1, 0.15) is 45.4 Å². The lowest BCUT2D eigenvalue weighted by molar-refractivity contribution is 0.212. The summed E-state index contributed by atoms with van der Waals surface area (Å²) in [6.07, 6.45) is 8.48. The van der Waals surface area contributed by atoms with Crippen molar-refractivity contribution in [2.24, 2.45) is 5.92 Å². The van der Waals surface area contributed by atoms with Gasteiger partial charge in [-0.3, -0.25) is 0 Å². The summed E-state index contributed by atoms with van der Waals surface area (Å²) in [5, 5.41) is 3.52. The summed E-state index contributed by atoms with van der Waals surface area (Å²) in [7, 11) is 4.37. The van der Waals surface area contributed by atoms with Crippen LogP contribution in [0.2, 0.25) is 0 Å². The molecule has 1 fully saturated rings. The number of likely N-dealkylation sites (N-methyl/N-ethyl adjacent to an activating group) is 2. The van der Waals surface area contributed by atoms with Gasteiger partial charge in [-0.2, -0.15) is 0 Å². The summed E-state index contributed by atoms with van der Waals surface area (Å²) in [5.41, 5.74) is 0. The fourth-order valence-electron chi connectivity index (χ4n) is 2.82. The van der Waals surface area contributed by atoms with Gasteiger partial charge in [0.05, 0.1) is 0 Å². The second-order valence-electron chi connectivity index (χ2n) is 5.06. The Balaban J connectivity index is 2.32. The van der Waals surface area contributed by atoms with Gasteiger partial charge in [-0.05, 0) is 45.8 Å². The highest BCUT2D eigenvalue weighted by Gasteiger charge is 2.22. The maximum absolute atomic E-state index is 3.52. The van der Waals surface area contributed by atoms with Crippen LogP contribution < -0.4 is 5.32 Å². The van der Waals surface area contributed by atoms with Gasteiger partial charge in [-0.1, -0.05) is 26.2 Å². The monoisotopic (exact) mass is 212 g/mol. The number of nitrogens with zero attached hydrogens (tertiary/aromatic N) is 1. The van der Waals surface area contributed by atoms with E-state index in [1.165, 1.54) is 51.6 Å². The lowest BCUT2D eigenvalue weighted by Gasteiger charge is -2.32. The Morgan fingerprint density at radius 3 is 2.47 bits per heavy atom. The van der Waals surface area contributed by atoms with Gasteiger partial charge in [0.2, 0.25) is 0 Å². The van der Waals surface area contributed by atoms with Crippen LogP contribution in [0.15, 0.2) is 0 Å². The normalized spacial score (nSPS) is 20.8. The summed E-state index contributed by atoms with van der Waals surface area (Å²) in [6, 6.07) is 0.710. The molecule has 1 N–H and O–H groups in total. The van der Waals surface area contributed by atoms with Gasteiger partial charge in [0.1, 0.15) is 0 Å². The zero-order valence-electron chi connectivity index (χ0n) is 10.8. The molecular weight excluding hydrogens is 184 g/mol. The van der Waals surface area contributed by atoms with Gasteiger partial charge >= 0.3 is 0 Å². The second-order valence-corrected chi connectivity index (χ2v) is 5.06. The van der Waals surface area contributed by atoms with Crippen LogP contribution in [0, 0.1) is 5.92 Å². The van der Waals surface area contributed by atoms with Gasteiger partial charge in [0, 0.05) is 12.6 Å². The van der Waals surface area contributed by atoms with E-state index in [0.717, 1.165) is 5.92 Å². The molecule has 0 spiro atoms. The van der Waals surface area contributed by atoms with E-state index in [-0.39, 0.29) is 0 Å². The van der Waals surface area contributed by atoms with E-state index in [0.29, 0.717) is 6.04 Å². The molecule has 1 saturated carbocycles. The first kappa shape index (κ1) is 13.0. The molecule has 2 heteroatoms. The van der Waals surface area contributed by atoms with Crippen LogP contribution in [0.5, 0.6) is 0 Å². The molecule has 0 aromatic rings. The van der Waals surface area contributed by atoms with Crippen LogP contribution >= 0.6 is 0 Å². The predicted molar refractivity (Wildman–Crippen MR) is 67.2 cm³/mol. The first-order chi connectivity index (χ1) is 7.27. The Morgan fingerprint density at radius 1 is 1.27 bits per heavy atom. The summed E-state index contributed by atoms with van der Waals surface area (Å²) >= 11 is 0. The third-order valence-corrected chi connectivity index (χ3v) is 3.70. The topological polar surface area (TPSA) is 15.3 Å². The first-order valence-electron chi connectivity index (χ1n) is 6.63. The Kier molecular flexibility index (Phi) is 6.26. The van der Waals surface area contributed by atoms with Crippen molar-refractivity contribution < 1.29 is 0 Å². The quantitative estimate of drug-likeness (QED) is 0.728. The molecule has 15 heavy (non-hydrogen) atoms. The lowest BCUT2D eigenvalue weighted by Crippen LogP contribution is -2.43. The van der Waals surface area contributed by atoms with E-state index in [1.807, 2.05) is 0 Å². The van der Waals surface area contributed by atoms with Gasteiger partial charge < -0.3 is 10.2 Å². The molecule has 2 nitrogen and oxygen atoms in total. The van der Waals surface area contributed by atoms with Gasteiger partial charge in [0.15, 0.2) is 0 Å². The molecule has 0 aromatic carbocycles. The van der Waals surface area contributed by atoms with E-state index >= 15 is 0 Å². The molecule has 0 aliphatic heterocycles. The highest BCUT2D eigenvalue weighted by Crippen LogP contribution is 2.26. The van der Waals surface area contributed by atoms with Gasteiger partial charge in [-0.25, -0.2) is 0 Å². The van der Waals surface area contributed by atoms with Crippen molar-refractivity contribution in [1.82, 2.24) is 10.2 Å². The second kappa shape index (κ2) is 7.24. The average Bonchev–Trinajstić information content (AvgIpc) is 2.27. The molecule has 0 saturated heterocycles. The predicted octanol–water partition coefficient (Wildman–Crippen LogP) is 2.50. The molecule has 1 atom stereocenters. The molecule has 0 aromatic heterocycles. The van der Waals surface area contributed by atoms with Crippen molar-refractivity contribution in [2.45, 2.75) is 51.5 Å². The molecule has 0 heterocycles. The third-order valence-electron chi connectivity index (χ3n) is 3.70. The highest BCUT2D eigenvalue weighted by atomic mass is 15.1. The summed E-state index contributed by atoms with van der Waals surface area (Å²) < 4.78 is 0. The van der Waals surface area contributed by atoms with Crippen molar-refractivity contribution in [1.29, 1.82) is 0 Å². The molecule has 1 unspecified atom stereocenters. The molecule has 1 rings (SSSR count). The molecule has 0 radical (unpaired) electrons. The average molecular weight is 212 g/mol. The van der Waals surface area contributed by atoms with Crippen molar-refractivity contribution in [3.8, 4) is 0 Å². The van der Waals surface area contributed by atoms with E-state index in [2.05, 4.69) is 31.2 Å². The van der Waals surface area contributed by atoms with Crippen molar-refractivity contribution in [2.75, 3.05) is 27.2 Å². The van der Waals surface area contributed by atoms with Gasteiger partial charge in [0.25, 0.3) is 0 Å². The summed E-state index contributed by atoms with van der Waals surface area (Å²) in [6.45, 7) is 4.70. The maximum atomic E-state index is 3.52. The molecule has 0 amide bonds. The zero-order chi connectivity index (χ0) is 11.1. The molecule has 0 bridgehead atoms. The Hall–Kier alpha value is -0.0800. The SMILES string of the molecule is CCCN(C)CC(NC)C1CCCCC1. The van der Waals surface area contributed by atoms with E-state index < -0.39 is 0 Å². The minimum atomic E-state index is 0.710. The molecule has 90 valence electrons. The molecule has 1 aliphatic carbocycles. The standard InChI is InChI=1S/C13H28N2/c1-4-10-15(3)11-13(14-2)12-8-6-5-7-9-12/h12-14H,4-11H2,1-3H3. The van der Waals surface area contributed by atoms with Crippen LogP contribution in [-0.4, -0.2) is 38.1 Å². The number of rotatable bonds is 6. The van der Waals surface area contributed by atoms with Gasteiger partial charge in [-0.15, -0.1) is 0 Å². The van der Waals surface area contributed by atoms with E-state index in [4.69, 9.17) is 0 Å². The largest absolute Gasteiger partial charge is 0.315 e. The Bertz CT molecular complexity index is 153. The Morgan fingerprint density at radius 2 is 1.93 bits per heavy atom. The van der Waals surface area contributed by atoms with Crippen LogP contribution in [0.25, 0.3) is 0 Å². The van der Waals surface area contributed by atoms with E-state index in [9.17, 15) is 0 Å². The number of hydrogen-bond donors (Lipinski definition) is 1. The molecule has 1 aliphatic rings. The highest BCUT2D eigenvalue weighted by molar-refractivity contribution is 4.80. The summed E-state index contributed by atoms with van der Waals surface area (Å²) in [5.74, 6) is 0.919. The van der Waals surface area contributed by atoms with E-state index in [1.54, 1.807) is 0 Å². The third kappa shape index (κ3) is 4.52. The van der Waals surface area contributed by atoms with Crippen LogP contribution in [0.4, 0.5) is 0 Å². The van der Waals surface area contributed by atoms with Crippen molar-refractivity contribution in [3.05, 3.63) is 0 Å². The van der Waals surface area contributed by atoms with Crippen LogP contribution in [0.3, 0.4) is 0 Å². The summed E-state index contributed by atoms with van der Waals surface area (Å²) in [4.78, 5) is 2.47. The number of hydrogen-bond acceptors (Lipinski definition) is 2. The molecular formula is C13H28N2. The zero-order valence-corrected chi connectivity index (χ0v) is 10.8. The van der Waals surface area contributed by atoms with Crippen molar-refractivity contribution in [3.63, 3.8) is 0 Å². The minimum Gasteiger partial charge on any atom is -0.315 e. The van der Waals surface area contributed by atoms with Crippen LogP contribution in [-0.2, 0) is 0 Å². The fourth-order valence-corrected chi connectivity index (χ4v) is 2.82. The lowest BCUT2D eigenvalue weighted by atomic mass is 9.83. The number of nitrogens with one attached hydrogen (secondary N) is 1. The smallest absolute Gasteiger partial charge is 0.0220 e. The minimum absolute atomic E-state index is 0.710. The first-order valence-corrected chi connectivity index (χ1v) is 6.63. The fraction of sp³-hybridized carbons (Fsp3) is 1.00. The Labute approximate surface area is 95.4 Å².